The first-order valence-electron chi connectivity index (χ1n) is 9.60. The average Bonchev–Trinajstić information content (AvgIpc) is 2.89. The van der Waals surface area contributed by atoms with Crippen LogP contribution < -0.4 is 5.32 Å². The predicted molar refractivity (Wildman–Crippen MR) is 110 cm³/mol. The molecule has 2 aromatic rings. The van der Waals surface area contributed by atoms with E-state index in [0.29, 0.717) is 0 Å². The van der Waals surface area contributed by atoms with Crippen molar-refractivity contribution in [3.63, 3.8) is 0 Å². The van der Waals surface area contributed by atoms with Gasteiger partial charge in [0.2, 0.25) is 17.5 Å². The summed E-state index contributed by atoms with van der Waals surface area (Å²) in [4.78, 5) is 38.1. The van der Waals surface area contributed by atoms with E-state index in [1.165, 1.54) is 31.5 Å². The fourth-order valence-electron chi connectivity index (χ4n) is 4.08. The van der Waals surface area contributed by atoms with Gasteiger partial charge < -0.3 is 9.88 Å². The minimum Gasteiger partial charge on any atom is -0.342 e. The van der Waals surface area contributed by atoms with Crippen LogP contribution in [0.3, 0.4) is 0 Å². The van der Waals surface area contributed by atoms with Gasteiger partial charge in [0.1, 0.15) is 17.6 Å². The molecule has 1 aliphatic rings. The van der Waals surface area contributed by atoms with Crippen molar-refractivity contribution in [2.75, 3.05) is 5.32 Å². The van der Waals surface area contributed by atoms with Crippen molar-refractivity contribution in [1.82, 2.24) is 4.57 Å². The summed E-state index contributed by atoms with van der Waals surface area (Å²) in [5.41, 5.74) is -1.15. The molecule has 1 aromatic carbocycles. The Labute approximate surface area is 187 Å². The van der Waals surface area contributed by atoms with Crippen LogP contribution in [0.2, 0.25) is 5.02 Å². The molecule has 32 heavy (non-hydrogen) atoms. The van der Waals surface area contributed by atoms with Gasteiger partial charge >= 0.3 is 0 Å². The molecule has 3 rings (SSSR count). The van der Waals surface area contributed by atoms with Crippen LogP contribution in [0.4, 0.5) is 18.9 Å². The van der Waals surface area contributed by atoms with Gasteiger partial charge in [-0.05, 0) is 30.5 Å². The molecule has 0 unspecified atom stereocenters. The second-order valence-electron chi connectivity index (χ2n) is 8.39. The minimum absolute atomic E-state index is 0.121. The largest absolute Gasteiger partial charge is 0.342 e. The Bertz CT molecular complexity index is 1190. The molecule has 0 spiro atoms. The van der Waals surface area contributed by atoms with Crippen LogP contribution in [0.1, 0.15) is 58.3 Å². The summed E-state index contributed by atoms with van der Waals surface area (Å²) in [7, 11) is 1.47. The molecule has 1 N–H and O–H groups in total. The lowest BCUT2D eigenvalue weighted by Gasteiger charge is -2.44. The number of nitrogens with zero attached hydrogens (tertiary/aromatic N) is 2. The summed E-state index contributed by atoms with van der Waals surface area (Å²) in [6.45, 7) is 3.01. The Morgan fingerprint density at radius 1 is 1.28 bits per heavy atom. The molecule has 1 amide bonds. The SMILES string of the molecule is Cc1c(C(=O)C(=O)CC2(C)CC(F)(F)C2)c(Cl)c(C(=O)Nc2ccc(F)c(C#N)c2)n1C. The number of ketones is 2. The van der Waals surface area contributed by atoms with Gasteiger partial charge in [0.15, 0.2) is 0 Å². The van der Waals surface area contributed by atoms with E-state index in [9.17, 15) is 27.6 Å². The van der Waals surface area contributed by atoms with E-state index in [4.69, 9.17) is 16.9 Å². The van der Waals surface area contributed by atoms with Crippen molar-refractivity contribution >= 4 is 34.8 Å². The maximum atomic E-state index is 13.5. The van der Waals surface area contributed by atoms with Gasteiger partial charge in [-0.2, -0.15) is 5.26 Å². The molecule has 0 saturated heterocycles. The van der Waals surface area contributed by atoms with Gasteiger partial charge in [-0.15, -0.1) is 0 Å². The summed E-state index contributed by atoms with van der Waals surface area (Å²) in [6, 6.07) is 5.07. The number of hydrogen-bond acceptors (Lipinski definition) is 4. The highest BCUT2D eigenvalue weighted by atomic mass is 35.5. The highest BCUT2D eigenvalue weighted by molar-refractivity contribution is 6.49. The summed E-state index contributed by atoms with van der Waals surface area (Å²) in [5.74, 6) is -6.14. The fraction of sp³-hybridized carbons (Fsp3) is 0.364. The number of hydrogen-bond donors (Lipinski definition) is 1. The summed E-state index contributed by atoms with van der Waals surface area (Å²) < 4.78 is 41.3. The van der Waals surface area contributed by atoms with E-state index in [-0.39, 0.29) is 39.6 Å². The molecular weight excluding hydrogens is 447 g/mol. The summed E-state index contributed by atoms with van der Waals surface area (Å²) >= 11 is 6.30. The van der Waals surface area contributed by atoms with Crippen LogP contribution in [0.15, 0.2) is 18.2 Å². The van der Waals surface area contributed by atoms with Gasteiger partial charge in [0.25, 0.3) is 5.91 Å². The molecule has 1 saturated carbocycles. The molecule has 0 aliphatic heterocycles. The van der Waals surface area contributed by atoms with Crippen molar-refractivity contribution in [1.29, 1.82) is 5.26 Å². The number of nitriles is 1. The Kier molecular flexibility index (Phi) is 5.96. The lowest BCUT2D eigenvalue weighted by Crippen LogP contribution is -2.45. The normalized spacial score (nSPS) is 16.1. The van der Waals surface area contributed by atoms with Crippen LogP contribution in [0.25, 0.3) is 0 Å². The topological polar surface area (TPSA) is 92.0 Å². The van der Waals surface area contributed by atoms with Gasteiger partial charge in [-0.25, -0.2) is 13.2 Å². The second kappa shape index (κ2) is 8.10. The number of carbonyl (C=O) groups excluding carboxylic acids is 3. The van der Waals surface area contributed by atoms with E-state index in [1.54, 1.807) is 6.07 Å². The number of amides is 1. The maximum Gasteiger partial charge on any atom is 0.273 e. The van der Waals surface area contributed by atoms with Gasteiger partial charge in [0, 0.05) is 37.7 Å². The van der Waals surface area contributed by atoms with Crippen LogP contribution in [-0.2, 0) is 11.8 Å². The smallest absolute Gasteiger partial charge is 0.273 e. The van der Waals surface area contributed by atoms with Crippen molar-refractivity contribution in [2.45, 2.75) is 39.0 Å². The summed E-state index contributed by atoms with van der Waals surface area (Å²) in [5, 5.41) is 11.1. The Morgan fingerprint density at radius 2 is 1.91 bits per heavy atom. The third kappa shape index (κ3) is 4.28. The van der Waals surface area contributed by atoms with Crippen LogP contribution in [0, 0.1) is 29.5 Å². The van der Waals surface area contributed by atoms with E-state index >= 15 is 0 Å². The predicted octanol–water partition coefficient (Wildman–Crippen LogP) is 4.83. The number of rotatable bonds is 6. The Morgan fingerprint density at radius 3 is 2.47 bits per heavy atom. The molecule has 0 bridgehead atoms. The number of halogens is 4. The van der Waals surface area contributed by atoms with Crippen molar-refractivity contribution in [2.24, 2.45) is 12.5 Å². The number of nitrogens with one attached hydrogen (secondary N) is 1. The standard InChI is InChI=1S/C22H19ClF3N3O3/c1-11-16(19(31)15(30)7-21(2)9-22(25,26)10-21)17(23)18(29(11)3)20(32)28-13-4-5-14(24)12(6-13)8-27/h4-6H,7,9-10H2,1-3H3,(H,28,32). The Hall–Kier alpha value is -3.12. The highest BCUT2D eigenvalue weighted by Crippen LogP contribution is 2.53. The first-order valence-corrected chi connectivity index (χ1v) is 9.97. The second-order valence-corrected chi connectivity index (χ2v) is 8.77. The quantitative estimate of drug-likeness (QED) is 0.488. The van der Waals surface area contributed by atoms with E-state index in [2.05, 4.69) is 5.32 Å². The van der Waals surface area contributed by atoms with Gasteiger partial charge in [-0.1, -0.05) is 18.5 Å². The fourth-order valence-corrected chi connectivity index (χ4v) is 4.52. The third-order valence-electron chi connectivity index (χ3n) is 5.63. The molecule has 168 valence electrons. The molecule has 10 heteroatoms. The number of Topliss-reactive ketones (excluding diaryl/α,β-unsaturated/α-hetero) is 2. The van der Waals surface area contributed by atoms with Crippen molar-refractivity contribution in [3.8, 4) is 6.07 Å². The molecule has 1 heterocycles. The monoisotopic (exact) mass is 465 g/mol. The maximum absolute atomic E-state index is 13.5. The first-order chi connectivity index (χ1) is 14.8. The zero-order valence-corrected chi connectivity index (χ0v) is 18.2. The molecule has 1 fully saturated rings. The van der Waals surface area contributed by atoms with Gasteiger partial charge in [0.05, 0.1) is 16.1 Å². The average molecular weight is 466 g/mol. The van der Waals surface area contributed by atoms with Crippen molar-refractivity contribution < 1.29 is 27.6 Å². The van der Waals surface area contributed by atoms with Crippen LogP contribution >= 0.6 is 11.6 Å². The molecule has 0 radical (unpaired) electrons. The molecule has 1 aromatic heterocycles. The van der Waals surface area contributed by atoms with Crippen LogP contribution in [-0.4, -0.2) is 28.0 Å². The molecule has 1 aliphatic carbocycles. The number of aromatic nitrogens is 1. The van der Waals surface area contributed by atoms with E-state index < -0.39 is 47.5 Å². The lowest BCUT2D eigenvalue weighted by atomic mass is 9.64. The zero-order chi connectivity index (χ0) is 24.0. The third-order valence-corrected chi connectivity index (χ3v) is 5.99. The van der Waals surface area contributed by atoms with Crippen LogP contribution in [0.5, 0.6) is 0 Å². The lowest BCUT2D eigenvalue weighted by molar-refractivity contribution is -0.159. The molecule has 6 nitrogen and oxygen atoms in total. The molecule has 0 atom stereocenters. The zero-order valence-electron chi connectivity index (χ0n) is 17.5. The number of benzene rings is 1. The Balaban J connectivity index is 1.85. The number of anilines is 1. The van der Waals surface area contributed by atoms with Gasteiger partial charge in [-0.3, -0.25) is 14.4 Å². The highest BCUT2D eigenvalue weighted by Gasteiger charge is 2.54. The van der Waals surface area contributed by atoms with E-state index in [1.807, 2.05) is 0 Å². The number of alkyl halides is 2. The number of carbonyl (C=O) groups is 3. The van der Waals surface area contributed by atoms with Crippen molar-refractivity contribution in [3.05, 3.63) is 51.6 Å². The van der Waals surface area contributed by atoms with E-state index in [0.717, 1.165) is 12.1 Å². The first kappa shape index (κ1) is 23.5. The molecular formula is C22H19ClF3N3O3. The minimum atomic E-state index is -2.84. The summed E-state index contributed by atoms with van der Waals surface area (Å²) in [6.07, 6.45) is -1.30.